The molecule has 0 bridgehead atoms. The van der Waals surface area contributed by atoms with Crippen molar-refractivity contribution < 1.29 is 14.3 Å². The van der Waals surface area contributed by atoms with Crippen LogP contribution >= 0.6 is 0 Å². The van der Waals surface area contributed by atoms with Crippen molar-refractivity contribution in [3.05, 3.63) is 35.0 Å². The predicted molar refractivity (Wildman–Crippen MR) is 101 cm³/mol. The lowest BCUT2D eigenvalue weighted by Crippen LogP contribution is -2.25. The second-order valence-electron chi connectivity index (χ2n) is 6.80. The zero-order valence-corrected chi connectivity index (χ0v) is 15.3. The van der Waals surface area contributed by atoms with Crippen molar-refractivity contribution in [2.45, 2.75) is 52.0 Å². The number of pyridine rings is 1. The number of rotatable bonds is 5. The Labute approximate surface area is 153 Å². The Morgan fingerprint density at radius 1 is 1.27 bits per heavy atom. The number of nitrogens with zero attached hydrogens (tertiary/aromatic N) is 1. The van der Waals surface area contributed by atoms with Crippen molar-refractivity contribution in [1.29, 1.82) is 0 Å². The molecule has 1 heterocycles. The molecule has 3 N–H and O–H groups in total. The highest BCUT2D eigenvalue weighted by molar-refractivity contribution is 6.08. The molecule has 0 atom stereocenters. The van der Waals surface area contributed by atoms with Crippen molar-refractivity contribution in [3.63, 3.8) is 0 Å². The number of nitrogens with one attached hydrogen (secondary N) is 1. The van der Waals surface area contributed by atoms with E-state index in [1.165, 1.54) is 25.5 Å². The van der Waals surface area contributed by atoms with E-state index >= 15 is 0 Å². The normalized spacial score (nSPS) is 15.0. The lowest BCUT2D eigenvalue weighted by atomic mass is 9.94. The fraction of sp³-hybridized carbons (Fsp3) is 0.450. The molecular formula is C20H25N3O3. The summed E-state index contributed by atoms with van der Waals surface area (Å²) >= 11 is 0. The van der Waals surface area contributed by atoms with E-state index < -0.39 is 5.91 Å². The van der Waals surface area contributed by atoms with Crippen LogP contribution in [-0.4, -0.2) is 29.5 Å². The minimum atomic E-state index is -0.531. The van der Waals surface area contributed by atoms with E-state index in [4.69, 9.17) is 10.5 Å². The average molecular weight is 355 g/mol. The molecule has 0 unspecified atom stereocenters. The summed E-state index contributed by atoms with van der Waals surface area (Å²) in [6.45, 7) is 3.98. The molecule has 1 aliphatic carbocycles. The Balaban J connectivity index is 2.14. The van der Waals surface area contributed by atoms with Crippen LogP contribution in [0.4, 0.5) is 5.69 Å². The first-order valence-corrected chi connectivity index (χ1v) is 9.18. The molecule has 1 aliphatic rings. The average Bonchev–Trinajstić information content (AvgIpc) is 2.63. The number of esters is 1. The third kappa shape index (κ3) is 3.64. The molecule has 0 saturated heterocycles. The predicted octanol–water partition coefficient (Wildman–Crippen LogP) is 3.56. The monoisotopic (exact) mass is 355 g/mol. The molecule has 26 heavy (non-hydrogen) atoms. The fourth-order valence-electron chi connectivity index (χ4n) is 3.61. The van der Waals surface area contributed by atoms with Gasteiger partial charge in [-0.15, -0.1) is 0 Å². The van der Waals surface area contributed by atoms with Crippen LogP contribution in [0.5, 0.6) is 0 Å². The van der Waals surface area contributed by atoms with E-state index in [-0.39, 0.29) is 5.97 Å². The lowest BCUT2D eigenvalue weighted by Gasteiger charge is -2.25. The highest BCUT2D eigenvalue weighted by Crippen LogP contribution is 2.32. The zero-order valence-electron chi connectivity index (χ0n) is 15.3. The Hall–Kier alpha value is -2.63. The summed E-state index contributed by atoms with van der Waals surface area (Å²) in [5.41, 5.74) is 8.66. The van der Waals surface area contributed by atoms with Crippen molar-refractivity contribution in [3.8, 4) is 0 Å². The number of aryl methyl sites for hydroxylation is 1. The van der Waals surface area contributed by atoms with Crippen LogP contribution in [0.15, 0.2) is 18.3 Å². The number of amides is 1. The van der Waals surface area contributed by atoms with Gasteiger partial charge in [-0.25, -0.2) is 4.79 Å². The maximum Gasteiger partial charge on any atom is 0.338 e. The van der Waals surface area contributed by atoms with E-state index in [1.807, 2.05) is 6.92 Å². The number of carbonyl (C=O) groups excluding carboxylic acids is 2. The van der Waals surface area contributed by atoms with Crippen LogP contribution in [0.3, 0.4) is 0 Å². The van der Waals surface area contributed by atoms with Gasteiger partial charge in [-0.2, -0.15) is 0 Å². The van der Waals surface area contributed by atoms with E-state index in [1.54, 1.807) is 19.1 Å². The van der Waals surface area contributed by atoms with Crippen LogP contribution in [0, 0.1) is 6.92 Å². The molecule has 6 nitrogen and oxygen atoms in total. The van der Waals surface area contributed by atoms with Crippen molar-refractivity contribution in [2.75, 3.05) is 11.9 Å². The number of hydrogen-bond acceptors (Lipinski definition) is 5. The fourth-order valence-corrected chi connectivity index (χ4v) is 3.61. The third-order valence-electron chi connectivity index (χ3n) is 4.89. The molecular weight excluding hydrogens is 330 g/mol. The molecule has 0 radical (unpaired) electrons. The van der Waals surface area contributed by atoms with Crippen LogP contribution in [0.2, 0.25) is 0 Å². The van der Waals surface area contributed by atoms with Crippen LogP contribution < -0.4 is 11.1 Å². The van der Waals surface area contributed by atoms with Gasteiger partial charge in [0.2, 0.25) is 0 Å². The number of nitrogens with two attached hydrogens (primary N) is 1. The Morgan fingerprint density at radius 3 is 2.65 bits per heavy atom. The second-order valence-corrected chi connectivity index (χ2v) is 6.80. The van der Waals surface area contributed by atoms with Gasteiger partial charge in [-0.1, -0.05) is 19.3 Å². The summed E-state index contributed by atoms with van der Waals surface area (Å²) < 4.78 is 5.13. The summed E-state index contributed by atoms with van der Waals surface area (Å²) in [5, 5.41) is 4.24. The third-order valence-corrected chi connectivity index (χ3v) is 4.89. The van der Waals surface area contributed by atoms with E-state index in [9.17, 15) is 9.59 Å². The number of primary amides is 1. The number of carbonyl (C=O) groups is 2. The number of aromatic nitrogens is 1. The van der Waals surface area contributed by atoms with Crippen LogP contribution in [-0.2, 0) is 4.74 Å². The first-order valence-electron chi connectivity index (χ1n) is 9.18. The molecule has 2 aromatic rings. The van der Waals surface area contributed by atoms with E-state index in [2.05, 4.69) is 10.3 Å². The molecule has 3 rings (SSSR count). The largest absolute Gasteiger partial charge is 0.462 e. The summed E-state index contributed by atoms with van der Waals surface area (Å²) in [6.07, 6.45) is 7.20. The van der Waals surface area contributed by atoms with Gasteiger partial charge >= 0.3 is 5.97 Å². The number of hydrogen-bond donors (Lipinski definition) is 2. The highest BCUT2D eigenvalue weighted by Gasteiger charge is 2.21. The number of benzene rings is 1. The molecule has 6 heteroatoms. The smallest absolute Gasteiger partial charge is 0.338 e. The summed E-state index contributed by atoms with van der Waals surface area (Å²) in [6, 6.07) is 3.80. The van der Waals surface area contributed by atoms with Crippen molar-refractivity contribution in [2.24, 2.45) is 5.73 Å². The number of anilines is 1. The number of fused-ring (bicyclic) bond motifs is 1. The molecule has 1 aromatic heterocycles. The quantitative estimate of drug-likeness (QED) is 0.800. The van der Waals surface area contributed by atoms with Gasteiger partial charge < -0.3 is 15.8 Å². The Bertz CT molecular complexity index is 842. The maximum atomic E-state index is 12.2. The first-order chi connectivity index (χ1) is 12.5. The topological polar surface area (TPSA) is 94.3 Å². The van der Waals surface area contributed by atoms with Gasteiger partial charge in [-0.3, -0.25) is 9.78 Å². The Morgan fingerprint density at radius 2 is 2.00 bits per heavy atom. The SMILES string of the molecule is CCOC(=O)c1cc(C)c2ncc(C(N)=O)c(NC3CCCCC3)c2c1. The number of ether oxygens (including phenoxy) is 1. The standard InChI is InChI=1S/C20H25N3O3/c1-3-26-20(25)13-9-12(2)17-15(10-13)18(16(11-22-17)19(21)24)23-14-7-5-4-6-8-14/h9-11,14H,3-8H2,1-2H3,(H2,21,24)(H,22,23). The summed E-state index contributed by atoms with van der Waals surface area (Å²) in [4.78, 5) is 28.6. The molecule has 1 saturated carbocycles. The zero-order chi connectivity index (χ0) is 18.7. The van der Waals surface area contributed by atoms with Gasteiger partial charge in [0.15, 0.2) is 0 Å². The molecule has 0 spiro atoms. The molecule has 0 aliphatic heterocycles. The van der Waals surface area contributed by atoms with E-state index in [0.717, 1.165) is 29.3 Å². The van der Waals surface area contributed by atoms with Crippen molar-refractivity contribution in [1.82, 2.24) is 4.98 Å². The van der Waals surface area contributed by atoms with Gasteiger partial charge in [0.05, 0.1) is 28.9 Å². The second kappa shape index (κ2) is 7.72. The van der Waals surface area contributed by atoms with Crippen molar-refractivity contribution >= 4 is 28.5 Å². The van der Waals surface area contributed by atoms with Gasteiger partial charge in [-0.05, 0) is 44.4 Å². The molecule has 1 fully saturated rings. The first kappa shape index (κ1) is 18.2. The summed E-state index contributed by atoms with van der Waals surface area (Å²) in [7, 11) is 0. The molecule has 138 valence electrons. The van der Waals surface area contributed by atoms with Crippen LogP contribution in [0.1, 0.15) is 65.3 Å². The summed E-state index contributed by atoms with van der Waals surface area (Å²) in [5.74, 6) is -0.914. The molecule has 1 amide bonds. The van der Waals surface area contributed by atoms with E-state index in [0.29, 0.717) is 29.5 Å². The minimum Gasteiger partial charge on any atom is -0.462 e. The lowest BCUT2D eigenvalue weighted by molar-refractivity contribution is 0.0526. The minimum absolute atomic E-state index is 0.291. The van der Waals surface area contributed by atoms with Gasteiger partial charge in [0.1, 0.15) is 0 Å². The van der Waals surface area contributed by atoms with Gasteiger partial charge in [0, 0.05) is 17.6 Å². The maximum absolute atomic E-state index is 12.2. The van der Waals surface area contributed by atoms with Crippen LogP contribution in [0.25, 0.3) is 10.9 Å². The molecule has 1 aromatic carbocycles. The highest BCUT2D eigenvalue weighted by atomic mass is 16.5. The van der Waals surface area contributed by atoms with Gasteiger partial charge in [0.25, 0.3) is 5.91 Å². The Kier molecular flexibility index (Phi) is 5.40.